The molecule has 0 aliphatic heterocycles. The molecule has 4 nitrogen and oxygen atoms in total. The van der Waals surface area contributed by atoms with Crippen molar-refractivity contribution in [2.45, 2.75) is 6.54 Å². The van der Waals surface area contributed by atoms with Gasteiger partial charge in [0.15, 0.2) is 0 Å². The Balaban J connectivity index is 2.19. The molecule has 0 amide bonds. The number of rotatable bonds is 4. The molecule has 0 radical (unpaired) electrons. The van der Waals surface area contributed by atoms with Crippen LogP contribution in [0.1, 0.15) is 16.2 Å². The molecule has 0 fully saturated rings. The number of halogens is 1. The van der Waals surface area contributed by atoms with Crippen LogP contribution >= 0.6 is 0 Å². The van der Waals surface area contributed by atoms with E-state index in [0.717, 1.165) is 0 Å². The van der Waals surface area contributed by atoms with Crippen LogP contribution < -0.4 is 4.90 Å². The molecule has 1 N–H and O–H groups in total. The number of hydrogen-bond donors (Lipinski definition) is 1. The van der Waals surface area contributed by atoms with Gasteiger partial charge in [0.25, 0.3) is 0 Å². The minimum absolute atomic E-state index is 0.0144. The third kappa shape index (κ3) is 3.07. The Hall–Kier alpha value is -2.43. The van der Waals surface area contributed by atoms with Crippen LogP contribution in [0.5, 0.6) is 0 Å². The van der Waals surface area contributed by atoms with E-state index in [2.05, 4.69) is 4.98 Å². The number of benzene rings is 1. The van der Waals surface area contributed by atoms with Crippen molar-refractivity contribution >= 4 is 11.7 Å². The highest BCUT2D eigenvalue weighted by Crippen LogP contribution is 2.18. The predicted molar refractivity (Wildman–Crippen MR) is 69.7 cm³/mol. The van der Waals surface area contributed by atoms with Crippen molar-refractivity contribution in [2.24, 2.45) is 0 Å². The molecule has 19 heavy (non-hydrogen) atoms. The SMILES string of the molecule is CN(Cc1cccc(C(=O)O)n1)c1ccccc1F. The zero-order valence-electron chi connectivity index (χ0n) is 10.4. The van der Waals surface area contributed by atoms with E-state index in [1.807, 2.05) is 0 Å². The summed E-state index contributed by atoms with van der Waals surface area (Å²) in [4.78, 5) is 16.5. The van der Waals surface area contributed by atoms with Crippen molar-refractivity contribution in [3.63, 3.8) is 0 Å². The van der Waals surface area contributed by atoms with Crippen molar-refractivity contribution in [1.29, 1.82) is 0 Å². The highest BCUT2D eigenvalue weighted by Gasteiger charge is 2.10. The summed E-state index contributed by atoms with van der Waals surface area (Å²) >= 11 is 0. The van der Waals surface area contributed by atoms with Gasteiger partial charge in [-0.25, -0.2) is 14.2 Å². The lowest BCUT2D eigenvalue weighted by Crippen LogP contribution is -2.19. The van der Waals surface area contributed by atoms with Gasteiger partial charge in [0, 0.05) is 7.05 Å². The number of aromatic nitrogens is 1. The van der Waals surface area contributed by atoms with Gasteiger partial charge in [0.05, 0.1) is 17.9 Å². The summed E-state index contributed by atoms with van der Waals surface area (Å²) in [6.07, 6.45) is 0. The maximum absolute atomic E-state index is 13.6. The molecule has 0 atom stereocenters. The van der Waals surface area contributed by atoms with E-state index in [9.17, 15) is 9.18 Å². The Bertz CT molecular complexity index is 602. The number of carboxylic acids is 1. The number of aromatic carboxylic acids is 1. The molecule has 1 aromatic heterocycles. The number of hydrogen-bond acceptors (Lipinski definition) is 3. The van der Waals surface area contributed by atoms with Gasteiger partial charge in [-0.15, -0.1) is 0 Å². The highest BCUT2D eigenvalue weighted by atomic mass is 19.1. The molecule has 1 aromatic carbocycles. The van der Waals surface area contributed by atoms with Gasteiger partial charge in [-0.3, -0.25) is 0 Å². The quantitative estimate of drug-likeness (QED) is 0.917. The fourth-order valence-corrected chi connectivity index (χ4v) is 1.78. The number of pyridine rings is 1. The molecule has 2 rings (SSSR count). The Morgan fingerprint density at radius 3 is 2.68 bits per heavy atom. The van der Waals surface area contributed by atoms with Crippen LogP contribution in [-0.2, 0) is 6.54 Å². The molecular weight excluding hydrogens is 247 g/mol. The Labute approximate surface area is 110 Å². The van der Waals surface area contributed by atoms with E-state index in [4.69, 9.17) is 5.11 Å². The molecule has 2 aromatic rings. The maximum Gasteiger partial charge on any atom is 0.354 e. The van der Waals surface area contributed by atoms with E-state index in [1.165, 1.54) is 12.1 Å². The largest absolute Gasteiger partial charge is 0.477 e. The van der Waals surface area contributed by atoms with Crippen LogP contribution in [0.2, 0.25) is 0 Å². The standard InChI is InChI=1S/C14H13FN2O2/c1-17(13-8-3-2-6-11(13)15)9-10-5-4-7-12(16-10)14(18)19/h2-8H,9H2,1H3,(H,18,19). The number of para-hydroxylation sites is 1. The van der Waals surface area contributed by atoms with Gasteiger partial charge in [-0.05, 0) is 24.3 Å². The number of carboxylic acid groups (broad SMARTS) is 1. The van der Waals surface area contributed by atoms with Crippen LogP contribution in [0.3, 0.4) is 0 Å². The second-order valence-corrected chi connectivity index (χ2v) is 4.13. The van der Waals surface area contributed by atoms with Crippen LogP contribution in [0.25, 0.3) is 0 Å². The van der Waals surface area contributed by atoms with Gasteiger partial charge in [0.2, 0.25) is 0 Å². The molecule has 0 saturated carbocycles. The van der Waals surface area contributed by atoms with Crippen molar-refractivity contribution in [2.75, 3.05) is 11.9 Å². The van der Waals surface area contributed by atoms with E-state index in [0.29, 0.717) is 17.9 Å². The first kappa shape index (κ1) is 13.0. The summed E-state index contributed by atoms with van der Waals surface area (Å²) in [5, 5.41) is 8.87. The summed E-state index contributed by atoms with van der Waals surface area (Å²) in [7, 11) is 1.73. The molecule has 98 valence electrons. The van der Waals surface area contributed by atoms with E-state index in [-0.39, 0.29) is 11.5 Å². The summed E-state index contributed by atoms with van der Waals surface area (Å²) in [5.41, 5.74) is 1.01. The summed E-state index contributed by atoms with van der Waals surface area (Å²) < 4.78 is 13.6. The molecule has 0 spiro atoms. The third-order valence-electron chi connectivity index (χ3n) is 2.69. The molecule has 0 aliphatic rings. The molecule has 0 aliphatic carbocycles. The lowest BCUT2D eigenvalue weighted by Gasteiger charge is -2.19. The summed E-state index contributed by atoms with van der Waals surface area (Å²) in [6, 6.07) is 11.2. The highest BCUT2D eigenvalue weighted by molar-refractivity contribution is 5.85. The van der Waals surface area contributed by atoms with Gasteiger partial charge in [-0.2, -0.15) is 0 Å². The van der Waals surface area contributed by atoms with Crippen LogP contribution in [0.4, 0.5) is 10.1 Å². The van der Waals surface area contributed by atoms with Crippen LogP contribution in [0.15, 0.2) is 42.5 Å². The number of anilines is 1. The predicted octanol–water partition coefficient (Wildman–Crippen LogP) is 2.56. The summed E-state index contributed by atoms with van der Waals surface area (Å²) in [5.74, 6) is -1.39. The molecular formula is C14H13FN2O2. The second kappa shape index (κ2) is 5.48. The molecule has 5 heteroatoms. The van der Waals surface area contributed by atoms with Crippen molar-refractivity contribution < 1.29 is 14.3 Å². The maximum atomic E-state index is 13.6. The lowest BCUT2D eigenvalue weighted by atomic mass is 10.2. The number of nitrogens with zero attached hydrogens (tertiary/aromatic N) is 2. The number of carbonyl (C=O) groups is 1. The average Bonchev–Trinajstić information content (AvgIpc) is 2.39. The van der Waals surface area contributed by atoms with Crippen LogP contribution in [0, 0.1) is 5.82 Å². The minimum Gasteiger partial charge on any atom is -0.477 e. The Kier molecular flexibility index (Phi) is 3.75. The average molecular weight is 260 g/mol. The molecule has 0 unspecified atom stereocenters. The molecule has 1 heterocycles. The van der Waals surface area contributed by atoms with Gasteiger partial charge < -0.3 is 10.0 Å². The van der Waals surface area contributed by atoms with Gasteiger partial charge >= 0.3 is 5.97 Å². The first-order valence-corrected chi connectivity index (χ1v) is 5.73. The second-order valence-electron chi connectivity index (χ2n) is 4.13. The first-order chi connectivity index (χ1) is 9.08. The van der Waals surface area contributed by atoms with Gasteiger partial charge in [-0.1, -0.05) is 18.2 Å². The smallest absolute Gasteiger partial charge is 0.354 e. The van der Waals surface area contributed by atoms with E-state index < -0.39 is 5.97 Å². The Morgan fingerprint density at radius 1 is 1.26 bits per heavy atom. The minimum atomic E-state index is -1.07. The first-order valence-electron chi connectivity index (χ1n) is 5.73. The van der Waals surface area contributed by atoms with Crippen molar-refractivity contribution in [3.05, 3.63) is 59.7 Å². The summed E-state index contributed by atoms with van der Waals surface area (Å²) in [6.45, 7) is 0.335. The molecule has 0 bridgehead atoms. The van der Waals surface area contributed by atoms with E-state index >= 15 is 0 Å². The normalized spacial score (nSPS) is 10.2. The lowest BCUT2D eigenvalue weighted by molar-refractivity contribution is 0.0690. The van der Waals surface area contributed by atoms with Crippen LogP contribution in [-0.4, -0.2) is 23.1 Å². The Morgan fingerprint density at radius 2 is 2.00 bits per heavy atom. The van der Waals surface area contributed by atoms with Crippen molar-refractivity contribution in [3.8, 4) is 0 Å². The monoisotopic (exact) mass is 260 g/mol. The van der Waals surface area contributed by atoms with E-state index in [1.54, 1.807) is 42.3 Å². The molecule has 0 saturated heterocycles. The third-order valence-corrected chi connectivity index (χ3v) is 2.69. The zero-order chi connectivity index (χ0) is 13.8. The fourth-order valence-electron chi connectivity index (χ4n) is 1.78. The fraction of sp³-hybridized carbons (Fsp3) is 0.143. The van der Waals surface area contributed by atoms with Gasteiger partial charge in [0.1, 0.15) is 11.5 Å². The van der Waals surface area contributed by atoms with Crippen molar-refractivity contribution in [1.82, 2.24) is 4.98 Å². The zero-order valence-corrected chi connectivity index (χ0v) is 10.4. The topological polar surface area (TPSA) is 53.4 Å².